The number of nitrogens with zero attached hydrogens (tertiary/aromatic N) is 1. The molecule has 8 heteroatoms. The molecule has 0 saturated heterocycles. The van der Waals surface area contributed by atoms with Gasteiger partial charge in [-0.25, -0.2) is 17.5 Å². The van der Waals surface area contributed by atoms with Crippen LogP contribution in [-0.4, -0.2) is 39.8 Å². The van der Waals surface area contributed by atoms with Crippen molar-refractivity contribution in [1.82, 2.24) is 0 Å². The average molecular weight is 417 g/mol. The van der Waals surface area contributed by atoms with Gasteiger partial charge in [0.05, 0.1) is 30.7 Å². The van der Waals surface area contributed by atoms with Crippen LogP contribution in [0.25, 0.3) is 0 Å². The third-order valence-corrected chi connectivity index (χ3v) is 4.84. The highest BCUT2D eigenvalue weighted by Crippen LogP contribution is 2.23. The Balaban J connectivity index is 2.34. The van der Waals surface area contributed by atoms with E-state index in [0.29, 0.717) is 23.1 Å². The first-order valence-corrected chi connectivity index (χ1v) is 10.8. The number of benzene rings is 2. The van der Waals surface area contributed by atoms with Gasteiger partial charge in [0, 0.05) is 5.56 Å². The summed E-state index contributed by atoms with van der Waals surface area (Å²) in [4.78, 5) is 24.9. The second-order valence-corrected chi connectivity index (χ2v) is 7.88. The number of carbonyl (C=O) groups excluding carboxylic acids is 2. The first kappa shape index (κ1) is 22.2. The highest BCUT2D eigenvalue weighted by Gasteiger charge is 2.27. The Hall–Kier alpha value is -3.13. The third-order valence-electron chi connectivity index (χ3n) is 3.80. The Morgan fingerprint density at radius 1 is 1.10 bits per heavy atom. The normalized spacial score (nSPS) is 10.8. The van der Waals surface area contributed by atoms with Crippen LogP contribution < -0.4 is 9.04 Å². The Labute approximate surface area is 170 Å². The van der Waals surface area contributed by atoms with E-state index in [1.807, 2.05) is 0 Å². The van der Waals surface area contributed by atoms with E-state index in [0.717, 1.165) is 6.26 Å². The summed E-state index contributed by atoms with van der Waals surface area (Å²) in [5, 5.41) is 0. The Bertz CT molecular complexity index is 982. The molecule has 2 rings (SSSR count). The summed E-state index contributed by atoms with van der Waals surface area (Å²) in [7, 11) is -3.96. The quantitative estimate of drug-likeness (QED) is 0.353. The minimum Gasteiger partial charge on any atom is -0.493 e. The SMILES string of the molecule is C=CCCOc1ccc(C(=O)N(c2cccc(C(=O)OCC)c2)S(C)(=O)=O)cc1. The second kappa shape index (κ2) is 9.88. The van der Waals surface area contributed by atoms with Gasteiger partial charge in [0.2, 0.25) is 10.0 Å². The van der Waals surface area contributed by atoms with Gasteiger partial charge in [-0.15, -0.1) is 6.58 Å². The van der Waals surface area contributed by atoms with Gasteiger partial charge in [-0.2, -0.15) is 0 Å². The number of sulfonamides is 1. The molecule has 1 amide bonds. The van der Waals surface area contributed by atoms with Gasteiger partial charge in [0.1, 0.15) is 5.75 Å². The zero-order chi connectivity index (χ0) is 21.4. The summed E-state index contributed by atoms with van der Waals surface area (Å²) in [5.74, 6) is -0.791. The number of esters is 1. The van der Waals surface area contributed by atoms with Crippen LogP contribution in [0.5, 0.6) is 5.75 Å². The van der Waals surface area contributed by atoms with Gasteiger partial charge in [-0.1, -0.05) is 12.1 Å². The molecule has 0 radical (unpaired) electrons. The number of carbonyl (C=O) groups is 2. The van der Waals surface area contributed by atoms with E-state index in [9.17, 15) is 18.0 Å². The monoisotopic (exact) mass is 417 g/mol. The van der Waals surface area contributed by atoms with Crippen LogP contribution >= 0.6 is 0 Å². The largest absolute Gasteiger partial charge is 0.493 e. The smallest absolute Gasteiger partial charge is 0.338 e. The molecule has 0 heterocycles. The zero-order valence-electron chi connectivity index (χ0n) is 16.3. The van der Waals surface area contributed by atoms with Gasteiger partial charge >= 0.3 is 5.97 Å². The van der Waals surface area contributed by atoms with Gasteiger partial charge in [0.25, 0.3) is 5.91 Å². The van der Waals surface area contributed by atoms with E-state index in [-0.39, 0.29) is 23.4 Å². The molecule has 0 aliphatic carbocycles. The van der Waals surface area contributed by atoms with Gasteiger partial charge in [-0.05, 0) is 55.8 Å². The molecular weight excluding hydrogens is 394 g/mol. The molecule has 0 bridgehead atoms. The van der Waals surface area contributed by atoms with E-state index in [4.69, 9.17) is 9.47 Å². The maximum Gasteiger partial charge on any atom is 0.338 e. The molecule has 0 N–H and O–H groups in total. The molecule has 0 atom stereocenters. The van der Waals surface area contributed by atoms with Crippen molar-refractivity contribution >= 4 is 27.6 Å². The van der Waals surface area contributed by atoms with Crippen molar-refractivity contribution in [3.8, 4) is 5.75 Å². The Morgan fingerprint density at radius 2 is 1.79 bits per heavy atom. The van der Waals surface area contributed by atoms with Crippen LogP contribution in [0.1, 0.15) is 34.1 Å². The van der Waals surface area contributed by atoms with Crippen molar-refractivity contribution in [2.45, 2.75) is 13.3 Å². The summed E-state index contributed by atoms with van der Waals surface area (Å²) in [6, 6.07) is 11.9. The topological polar surface area (TPSA) is 90.0 Å². The van der Waals surface area contributed by atoms with Gasteiger partial charge < -0.3 is 9.47 Å². The van der Waals surface area contributed by atoms with Crippen molar-refractivity contribution in [1.29, 1.82) is 0 Å². The first-order chi connectivity index (χ1) is 13.8. The zero-order valence-corrected chi connectivity index (χ0v) is 17.1. The predicted molar refractivity (Wildman–Crippen MR) is 111 cm³/mol. The molecule has 0 aliphatic heterocycles. The molecular formula is C21H23NO6S. The van der Waals surface area contributed by atoms with Crippen molar-refractivity contribution in [2.75, 3.05) is 23.8 Å². The van der Waals surface area contributed by atoms with Crippen molar-refractivity contribution < 1.29 is 27.5 Å². The molecule has 0 spiro atoms. The van der Waals surface area contributed by atoms with Crippen LogP contribution in [0.4, 0.5) is 5.69 Å². The van der Waals surface area contributed by atoms with Crippen molar-refractivity contribution in [3.05, 3.63) is 72.3 Å². The molecule has 2 aromatic rings. The summed E-state index contributed by atoms with van der Waals surface area (Å²) in [5.41, 5.74) is 0.360. The highest BCUT2D eigenvalue weighted by molar-refractivity contribution is 7.92. The molecule has 0 fully saturated rings. The van der Waals surface area contributed by atoms with Crippen LogP contribution in [0.2, 0.25) is 0 Å². The predicted octanol–water partition coefficient (Wildman–Crippen LogP) is 3.42. The van der Waals surface area contributed by atoms with Crippen molar-refractivity contribution in [2.24, 2.45) is 0 Å². The van der Waals surface area contributed by atoms with Crippen LogP contribution in [-0.2, 0) is 14.8 Å². The van der Waals surface area contributed by atoms with E-state index in [1.54, 1.807) is 25.1 Å². The molecule has 0 unspecified atom stereocenters. The van der Waals surface area contributed by atoms with E-state index in [2.05, 4.69) is 6.58 Å². The number of hydrogen-bond acceptors (Lipinski definition) is 6. The maximum atomic E-state index is 12.9. The van der Waals surface area contributed by atoms with E-state index >= 15 is 0 Å². The lowest BCUT2D eigenvalue weighted by Crippen LogP contribution is -2.36. The Kier molecular flexibility index (Phi) is 7.55. The van der Waals surface area contributed by atoms with Gasteiger partial charge in [0.15, 0.2) is 0 Å². The Morgan fingerprint density at radius 3 is 2.38 bits per heavy atom. The van der Waals surface area contributed by atoms with Crippen LogP contribution in [0.3, 0.4) is 0 Å². The lowest BCUT2D eigenvalue weighted by Gasteiger charge is -2.21. The number of anilines is 1. The lowest BCUT2D eigenvalue weighted by atomic mass is 10.1. The number of amides is 1. The third kappa shape index (κ3) is 5.92. The van der Waals surface area contributed by atoms with Crippen molar-refractivity contribution in [3.63, 3.8) is 0 Å². The first-order valence-electron chi connectivity index (χ1n) is 8.93. The molecule has 29 heavy (non-hydrogen) atoms. The van der Waals surface area contributed by atoms with Gasteiger partial charge in [-0.3, -0.25) is 4.79 Å². The fourth-order valence-corrected chi connectivity index (χ4v) is 3.41. The molecule has 2 aromatic carbocycles. The fraction of sp³-hybridized carbons (Fsp3) is 0.238. The summed E-state index contributed by atoms with van der Waals surface area (Å²) in [6.45, 7) is 5.91. The van der Waals surface area contributed by atoms with E-state index in [1.165, 1.54) is 36.4 Å². The molecule has 0 aromatic heterocycles. The fourth-order valence-electron chi connectivity index (χ4n) is 2.50. The number of ether oxygens (including phenoxy) is 2. The highest BCUT2D eigenvalue weighted by atomic mass is 32.2. The van der Waals surface area contributed by atoms with Crippen LogP contribution in [0.15, 0.2) is 61.2 Å². The van der Waals surface area contributed by atoms with E-state index < -0.39 is 21.9 Å². The second-order valence-electron chi connectivity index (χ2n) is 6.05. The standard InChI is InChI=1S/C21H23NO6S/c1-4-6-14-28-19-12-10-16(11-13-19)20(23)22(29(3,25)26)18-9-7-8-17(15-18)21(24)27-5-2/h4,7-13,15H,1,5-6,14H2,2-3H3. The summed E-state index contributed by atoms with van der Waals surface area (Å²) < 4.78 is 35.8. The molecule has 0 aliphatic rings. The minimum atomic E-state index is -3.96. The number of hydrogen-bond donors (Lipinski definition) is 0. The lowest BCUT2D eigenvalue weighted by molar-refractivity contribution is 0.0526. The molecule has 7 nitrogen and oxygen atoms in total. The summed E-state index contributed by atoms with van der Waals surface area (Å²) >= 11 is 0. The number of rotatable bonds is 9. The minimum absolute atomic E-state index is 0.0503. The molecule has 154 valence electrons. The van der Waals surface area contributed by atoms with Crippen LogP contribution in [0, 0.1) is 0 Å². The average Bonchev–Trinajstić information content (AvgIpc) is 2.68. The summed E-state index contributed by atoms with van der Waals surface area (Å²) in [6.07, 6.45) is 3.33. The maximum absolute atomic E-state index is 12.9. The molecule has 0 saturated carbocycles.